The van der Waals surface area contributed by atoms with Gasteiger partial charge >= 0.3 is 0 Å². The first kappa shape index (κ1) is 60.4. The van der Waals surface area contributed by atoms with E-state index in [1.807, 2.05) is 49.1 Å². The number of unbranched alkanes of at least 4 members (excludes halogenated alkanes) is 1. The van der Waals surface area contributed by atoms with Crippen LogP contribution in [0.5, 0.6) is 0 Å². The number of piperazine rings is 1. The molecule has 1 aromatic heterocycles. The second-order valence-corrected chi connectivity index (χ2v) is 22.8. The van der Waals surface area contributed by atoms with E-state index in [2.05, 4.69) is 43.5 Å². The number of carbonyl (C=O) groups excluding carboxylic acids is 9. The summed E-state index contributed by atoms with van der Waals surface area (Å²) >= 11 is 6.60. The summed E-state index contributed by atoms with van der Waals surface area (Å²) in [5, 5.41) is 16.8. The van der Waals surface area contributed by atoms with Gasteiger partial charge in [-0.1, -0.05) is 52.0 Å². The van der Waals surface area contributed by atoms with Gasteiger partial charge in [-0.2, -0.15) is 0 Å². The van der Waals surface area contributed by atoms with Crippen LogP contribution in [0.3, 0.4) is 0 Å². The van der Waals surface area contributed by atoms with E-state index in [1.54, 1.807) is 67.3 Å². The molecular formula is C61H76ClN11O9. The van der Waals surface area contributed by atoms with Crippen LogP contribution >= 0.6 is 11.6 Å². The number of alkyl halides is 1. The average molecular weight is 1140 g/mol. The van der Waals surface area contributed by atoms with Crippen molar-refractivity contribution >= 4 is 104 Å². The second-order valence-electron chi connectivity index (χ2n) is 22.5. The number of anilines is 3. The number of likely N-dealkylation sites (tertiary alicyclic amines) is 1. The van der Waals surface area contributed by atoms with Crippen molar-refractivity contribution in [2.45, 2.75) is 110 Å². The SMILES string of the molecule is CC(C)C[C@H](NC(=O)C(NC(=O)CCCN1C(=O)CCC1=O)C(C)C)C(=O)N[C@@H](CCCCN)C(=O)Nc1ccc(C(=O)Nc2ccc3[nH]c(C(=O)N4C[C@@H](CCl)c5c4cc(CC(=O)N4CCN(C)CC4)c4ccccc54)cc3c2)cc1. The number of nitrogens with zero attached hydrogens (tertiary/aromatic N) is 4. The zero-order valence-corrected chi connectivity index (χ0v) is 48.2. The molecule has 0 saturated carbocycles. The summed E-state index contributed by atoms with van der Waals surface area (Å²) in [6, 6.07) is 20.2. The number of benzene rings is 4. The minimum Gasteiger partial charge on any atom is -0.351 e. The number of likely N-dealkylation sites (N-methyl/N-ethyl adjacent to an activating group) is 1. The Balaban J connectivity index is 0.889. The highest BCUT2D eigenvalue weighted by Gasteiger charge is 2.37. The van der Waals surface area contributed by atoms with Gasteiger partial charge in [0.15, 0.2) is 0 Å². The number of halogens is 1. The van der Waals surface area contributed by atoms with Crippen LogP contribution in [0.1, 0.15) is 117 Å². The van der Waals surface area contributed by atoms with Crippen molar-refractivity contribution in [3.05, 3.63) is 101 Å². The number of nitrogens with two attached hydrogens (primary N) is 1. The molecule has 3 aliphatic rings. The predicted molar refractivity (Wildman–Crippen MR) is 316 cm³/mol. The molecule has 8 rings (SSSR count). The van der Waals surface area contributed by atoms with E-state index in [0.29, 0.717) is 78.4 Å². The van der Waals surface area contributed by atoms with Crippen molar-refractivity contribution < 1.29 is 43.2 Å². The summed E-state index contributed by atoms with van der Waals surface area (Å²) < 4.78 is 0. The molecule has 20 nitrogen and oxygen atoms in total. The summed E-state index contributed by atoms with van der Waals surface area (Å²) in [5.74, 6) is -3.48. The van der Waals surface area contributed by atoms with E-state index in [-0.39, 0.29) is 92.9 Å². The van der Waals surface area contributed by atoms with E-state index >= 15 is 0 Å². The summed E-state index contributed by atoms with van der Waals surface area (Å²) in [7, 11) is 2.05. The van der Waals surface area contributed by atoms with Crippen LogP contribution in [0.4, 0.5) is 17.1 Å². The number of nitrogens with one attached hydrogen (secondary N) is 6. The fraction of sp³-hybridized carbons (Fsp3) is 0.459. The number of hydrogen-bond acceptors (Lipinski definition) is 11. The van der Waals surface area contributed by atoms with Crippen LogP contribution in [0.25, 0.3) is 21.7 Å². The standard InChI is InChI=1S/C61H76ClN11O9/c1-36(2)29-48(68-60(81)56(37(3)4)69-51(74)14-10-24-72-52(75)21-22-53(72)76)59(80)67-47(13-8-9-23-63)58(79)64-42-17-15-38(16-18-42)57(78)65-43-19-20-46-40(30-43)31-49(66-46)61(82)73-35-41(34-62)55-45-12-7-6-11-44(45)39(32-50(55)73)33-54(77)71-27-25-70(5)26-28-71/h6-7,11-12,15-20,30-32,36-37,41,47-48,56,66H,8-10,13-14,21-29,33-35,63H2,1-5H3,(H,64,79)(H,65,78)(H,67,80)(H,68,81)(H,69,74)/t41-,47+,48+,56?/m1/s1. The van der Waals surface area contributed by atoms with E-state index in [9.17, 15) is 43.2 Å². The van der Waals surface area contributed by atoms with E-state index in [1.165, 1.54) is 0 Å². The Morgan fingerprint density at radius 2 is 1.43 bits per heavy atom. The molecule has 82 heavy (non-hydrogen) atoms. The third-order valence-electron chi connectivity index (χ3n) is 15.5. The number of aromatic nitrogens is 1. The van der Waals surface area contributed by atoms with Crippen molar-refractivity contribution in [2.24, 2.45) is 17.6 Å². The minimum atomic E-state index is -1.05. The molecule has 0 radical (unpaired) electrons. The molecule has 4 heterocycles. The molecular weight excluding hydrogens is 1070 g/mol. The summed E-state index contributed by atoms with van der Waals surface area (Å²) in [6.45, 7) is 11.1. The predicted octanol–water partition coefficient (Wildman–Crippen LogP) is 6.03. The zero-order chi connectivity index (χ0) is 58.8. The molecule has 3 aliphatic heterocycles. The maximum absolute atomic E-state index is 14.5. The Kier molecular flexibility index (Phi) is 20.2. The number of imide groups is 1. The normalized spacial score (nSPS) is 16.6. The van der Waals surface area contributed by atoms with E-state index < -0.39 is 47.7 Å². The van der Waals surface area contributed by atoms with Crippen LogP contribution in [-0.2, 0) is 40.0 Å². The monoisotopic (exact) mass is 1140 g/mol. The minimum absolute atomic E-state index is 0.0192. The van der Waals surface area contributed by atoms with Gasteiger partial charge < -0.3 is 52.0 Å². The molecule has 9 amide bonds. The number of fused-ring (bicyclic) bond motifs is 4. The molecule has 1 unspecified atom stereocenters. The maximum Gasteiger partial charge on any atom is 0.274 e. The third-order valence-corrected chi connectivity index (χ3v) is 15.9. The molecule has 0 bridgehead atoms. The van der Waals surface area contributed by atoms with Gasteiger partial charge in [-0.3, -0.25) is 48.1 Å². The molecule has 8 N–H and O–H groups in total. The molecule has 2 saturated heterocycles. The molecule has 2 fully saturated rings. The highest BCUT2D eigenvalue weighted by molar-refractivity contribution is 6.19. The van der Waals surface area contributed by atoms with Gasteiger partial charge in [0, 0.05) is 104 Å². The Morgan fingerprint density at radius 3 is 2.10 bits per heavy atom. The Hall–Kier alpha value is -7.68. The van der Waals surface area contributed by atoms with Crippen LogP contribution < -0.4 is 37.2 Å². The van der Waals surface area contributed by atoms with Crippen molar-refractivity contribution in [1.29, 1.82) is 0 Å². The lowest BCUT2D eigenvalue weighted by Crippen LogP contribution is -2.57. The number of amides is 9. The van der Waals surface area contributed by atoms with Gasteiger partial charge in [-0.05, 0) is 134 Å². The molecule has 21 heteroatoms. The quantitative estimate of drug-likeness (QED) is 0.0213. The number of carbonyl (C=O) groups is 9. The van der Waals surface area contributed by atoms with Gasteiger partial charge in [0.25, 0.3) is 11.8 Å². The molecule has 4 atom stereocenters. The first-order valence-electron chi connectivity index (χ1n) is 28.5. The molecule has 0 spiro atoms. The molecule has 4 aromatic carbocycles. The van der Waals surface area contributed by atoms with Crippen LogP contribution in [0, 0.1) is 11.8 Å². The average Bonchev–Trinajstić information content (AvgIpc) is 3.98. The fourth-order valence-corrected chi connectivity index (χ4v) is 11.2. The van der Waals surface area contributed by atoms with Gasteiger partial charge in [-0.25, -0.2) is 0 Å². The van der Waals surface area contributed by atoms with Crippen molar-refractivity contribution in [1.82, 2.24) is 35.6 Å². The smallest absolute Gasteiger partial charge is 0.274 e. The van der Waals surface area contributed by atoms with Gasteiger partial charge in [0.05, 0.1) is 6.42 Å². The largest absolute Gasteiger partial charge is 0.351 e. The number of rotatable bonds is 24. The lowest BCUT2D eigenvalue weighted by molar-refractivity contribution is -0.139. The van der Waals surface area contributed by atoms with Crippen molar-refractivity contribution in [3.63, 3.8) is 0 Å². The third kappa shape index (κ3) is 14.7. The highest BCUT2D eigenvalue weighted by Crippen LogP contribution is 2.44. The molecule has 436 valence electrons. The maximum atomic E-state index is 14.5. The second kappa shape index (κ2) is 27.4. The molecule has 5 aromatic rings. The van der Waals surface area contributed by atoms with E-state index in [4.69, 9.17) is 17.3 Å². The Morgan fingerprint density at radius 1 is 0.744 bits per heavy atom. The Labute approximate surface area is 482 Å². The van der Waals surface area contributed by atoms with Crippen molar-refractivity contribution in [2.75, 3.05) is 74.3 Å². The van der Waals surface area contributed by atoms with Gasteiger partial charge in [0.1, 0.15) is 23.8 Å². The zero-order valence-electron chi connectivity index (χ0n) is 47.4. The van der Waals surface area contributed by atoms with Crippen LogP contribution in [0.2, 0.25) is 0 Å². The topological polar surface area (TPSA) is 269 Å². The summed E-state index contributed by atoms with van der Waals surface area (Å²) in [6.07, 6.45) is 2.34. The molecule has 0 aliphatic carbocycles. The summed E-state index contributed by atoms with van der Waals surface area (Å²) in [5.41, 5.74) is 10.6. The van der Waals surface area contributed by atoms with Crippen molar-refractivity contribution in [3.8, 4) is 0 Å². The fourth-order valence-electron chi connectivity index (χ4n) is 11.0. The van der Waals surface area contributed by atoms with Crippen LogP contribution in [0.15, 0.2) is 78.9 Å². The Bertz CT molecular complexity index is 3190. The number of aromatic amines is 1. The summed E-state index contributed by atoms with van der Waals surface area (Å²) in [4.78, 5) is 131. The lowest BCUT2D eigenvalue weighted by atomic mass is 9.92. The number of H-pyrrole nitrogens is 1. The lowest BCUT2D eigenvalue weighted by Gasteiger charge is -2.32. The van der Waals surface area contributed by atoms with Gasteiger partial charge in [0.2, 0.25) is 41.4 Å². The highest BCUT2D eigenvalue weighted by atomic mass is 35.5. The van der Waals surface area contributed by atoms with Crippen LogP contribution in [-0.4, -0.2) is 150 Å². The number of hydrogen-bond donors (Lipinski definition) is 7. The first-order valence-corrected chi connectivity index (χ1v) is 29.0. The van der Waals surface area contributed by atoms with Gasteiger partial charge in [-0.15, -0.1) is 11.6 Å². The van der Waals surface area contributed by atoms with E-state index in [0.717, 1.165) is 45.6 Å². The first-order chi connectivity index (χ1) is 39.3.